The van der Waals surface area contributed by atoms with Gasteiger partial charge in [-0.3, -0.25) is 4.79 Å². The molecule has 3 aliphatic rings. The van der Waals surface area contributed by atoms with Crippen LogP contribution < -0.4 is 5.32 Å². The smallest absolute Gasteiger partial charge is 0.243 e. The lowest BCUT2D eigenvalue weighted by Crippen LogP contribution is -2.40. The molecule has 1 atom stereocenters. The molecule has 8 heteroatoms. The molecule has 1 amide bonds. The van der Waals surface area contributed by atoms with Crippen LogP contribution in [0.25, 0.3) is 11.0 Å². The van der Waals surface area contributed by atoms with Gasteiger partial charge in [0, 0.05) is 18.7 Å². The summed E-state index contributed by atoms with van der Waals surface area (Å²) in [7, 11) is 0. The molecule has 36 heavy (non-hydrogen) atoms. The average Bonchev–Trinajstić information content (AvgIpc) is 3.52. The molecular weight excluding hydrogens is 497 g/mol. The molecule has 2 aliphatic carbocycles. The highest BCUT2D eigenvalue weighted by Gasteiger charge is 2.32. The normalized spacial score (nSPS) is 21.3. The van der Waals surface area contributed by atoms with Crippen molar-refractivity contribution >= 4 is 40.3 Å². The summed E-state index contributed by atoms with van der Waals surface area (Å²) in [6, 6.07) is 2.86. The van der Waals surface area contributed by atoms with E-state index in [2.05, 4.69) is 5.32 Å². The Kier molecular flexibility index (Phi) is 9.13. The predicted molar refractivity (Wildman–Crippen MR) is 145 cm³/mol. The number of carbonyl (C=O) groups is 1. The largest absolute Gasteiger partial charge is 0.373 e. The molecule has 1 N–H and O–H groups in total. The minimum atomic E-state index is -0.486. The molecule has 2 heterocycles. The van der Waals surface area contributed by atoms with Gasteiger partial charge in [-0.2, -0.15) is 11.8 Å². The molecule has 0 radical (unpaired) electrons. The first-order valence-corrected chi connectivity index (χ1v) is 15.4. The number of aromatic nitrogens is 2. The molecule has 1 aromatic carbocycles. The van der Waals surface area contributed by atoms with E-state index in [0.717, 1.165) is 49.1 Å². The van der Waals surface area contributed by atoms with E-state index in [9.17, 15) is 9.18 Å². The number of thioether (sulfide) groups is 1. The van der Waals surface area contributed by atoms with Gasteiger partial charge in [-0.15, -0.1) is 0 Å². The van der Waals surface area contributed by atoms with Crippen molar-refractivity contribution in [2.24, 2.45) is 11.8 Å². The van der Waals surface area contributed by atoms with Crippen LogP contribution >= 0.6 is 23.4 Å². The van der Waals surface area contributed by atoms with Gasteiger partial charge in [-0.05, 0) is 74.4 Å². The Morgan fingerprint density at radius 1 is 1.08 bits per heavy atom. The lowest BCUT2D eigenvalue weighted by Gasteiger charge is -2.29. The second-order valence-electron chi connectivity index (χ2n) is 11.0. The number of imidazole rings is 1. The number of carbonyl (C=O) groups excluding carboxylic acids is 1. The van der Waals surface area contributed by atoms with E-state index >= 15 is 0 Å². The summed E-state index contributed by atoms with van der Waals surface area (Å²) in [5.41, 5.74) is 1.25. The van der Waals surface area contributed by atoms with E-state index in [0.29, 0.717) is 36.4 Å². The van der Waals surface area contributed by atoms with Crippen LogP contribution in [0.4, 0.5) is 4.39 Å². The summed E-state index contributed by atoms with van der Waals surface area (Å²) in [5.74, 6) is 3.61. The Morgan fingerprint density at radius 3 is 2.56 bits per heavy atom. The zero-order chi connectivity index (χ0) is 24.9. The minimum Gasteiger partial charge on any atom is -0.373 e. The number of nitrogens with zero attached hydrogens (tertiary/aromatic N) is 2. The first kappa shape index (κ1) is 26.3. The van der Waals surface area contributed by atoms with Gasteiger partial charge in [0.1, 0.15) is 24.3 Å². The molecular formula is C28H39ClFN3O2S. The average molecular weight is 536 g/mol. The van der Waals surface area contributed by atoms with Gasteiger partial charge in [-0.1, -0.05) is 43.7 Å². The molecule has 198 valence electrons. The summed E-state index contributed by atoms with van der Waals surface area (Å²) < 4.78 is 22.6. The van der Waals surface area contributed by atoms with Crippen LogP contribution in [-0.2, 0) is 16.1 Å². The van der Waals surface area contributed by atoms with Crippen LogP contribution in [0.5, 0.6) is 0 Å². The molecule has 1 aromatic heterocycles. The first-order chi connectivity index (χ1) is 17.6. The molecule has 2 aromatic rings. The van der Waals surface area contributed by atoms with Crippen LogP contribution in [0.2, 0.25) is 5.02 Å². The maximum absolute atomic E-state index is 14.4. The van der Waals surface area contributed by atoms with Crippen molar-refractivity contribution < 1.29 is 13.9 Å². The number of hydrogen-bond acceptors (Lipinski definition) is 4. The highest BCUT2D eigenvalue weighted by molar-refractivity contribution is 7.99. The van der Waals surface area contributed by atoms with Crippen LogP contribution in [0.15, 0.2) is 12.1 Å². The Balaban J connectivity index is 1.45. The minimum absolute atomic E-state index is 0.0494. The number of fused-ring (bicyclic) bond motifs is 1. The Hall–Kier alpha value is -1.31. The molecule has 5 nitrogen and oxygen atoms in total. The second kappa shape index (κ2) is 12.5. The summed E-state index contributed by atoms with van der Waals surface area (Å²) in [5, 5.41) is 3.40. The Labute approximate surface area is 223 Å². The van der Waals surface area contributed by atoms with Crippen molar-refractivity contribution in [3.63, 3.8) is 0 Å². The zero-order valence-corrected chi connectivity index (χ0v) is 22.7. The fraction of sp³-hybridized carbons (Fsp3) is 0.714. The van der Waals surface area contributed by atoms with Crippen molar-refractivity contribution in [3.05, 3.63) is 28.8 Å². The third kappa shape index (κ3) is 6.39. The van der Waals surface area contributed by atoms with E-state index in [1.807, 2.05) is 16.3 Å². The fourth-order valence-electron chi connectivity index (χ4n) is 6.26. The van der Waals surface area contributed by atoms with E-state index < -0.39 is 11.9 Å². The van der Waals surface area contributed by atoms with Crippen molar-refractivity contribution in [1.29, 1.82) is 0 Å². The number of nitrogens with one attached hydrogen (secondary N) is 1. The van der Waals surface area contributed by atoms with Gasteiger partial charge >= 0.3 is 0 Å². The van der Waals surface area contributed by atoms with Crippen molar-refractivity contribution in [2.75, 3.05) is 18.1 Å². The van der Waals surface area contributed by atoms with E-state index in [1.165, 1.54) is 51.0 Å². The lowest BCUT2D eigenvalue weighted by atomic mass is 9.90. The Morgan fingerprint density at radius 2 is 1.81 bits per heavy atom. The highest BCUT2D eigenvalue weighted by atomic mass is 35.5. The maximum Gasteiger partial charge on any atom is 0.243 e. The molecule has 1 saturated heterocycles. The SMILES string of the molecule is O=C(NC1CCCC1)C(CC1CCSCC1)n1c(COCC2CCCCC2)nc2cc(F)c(Cl)cc21. The van der Waals surface area contributed by atoms with Gasteiger partial charge in [-0.25, -0.2) is 9.37 Å². The Bertz CT molecular complexity index is 1030. The lowest BCUT2D eigenvalue weighted by molar-refractivity contribution is -0.125. The number of rotatable bonds is 9. The van der Waals surface area contributed by atoms with Gasteiger partial charge in [0.2, 0.25) is 5.91 Å². The summed E-state index contributed by atoms with van der Waals surface area (Å²) in [4.78, 5) is 18.6. The van der Waals surface area contributed by atoms with Crippen LogP contribution in [0.3, 0.4) is 0 Å². The summed E-state index contributed by atoms with van der Waals surface area (Å²) >= 11 is 8.23. The number of amides is 1. The quantitative estimate of drug-likeness (QED) is 0.373. The second-order valence-corrected chi connectivity index (χ2v) is 12.6. The predicted octanol–water partition coefficient (Wildman–Crippen LogP) is 7.06. The molecule has 0 spiro atoms. The topological polar surface area (TPSA) is 56.2 Å². The van der Waals surface area contributed by atoms with Crippen molar-refractivity contribution in [2.45, 2.75) is 95.7 Å². The standard InChI is InChI=1S/C28H39ClFN3O2S/c29-22-15-25-24(16-23(22)30)32-27(18-35-17-20-6-2-1-3-7-20)33(25)26(14-19-10-12-36-13-11-19)28(34)31-21-8-4-5-9-21/h15-16,19-21,26H,1-14,17-18H2,(H,31,34). The van der Waals surface area contributed by atoms with Crippen LogP contribution in [0.1, 0.15) is 88.9 Å². The monoisotopic (exact) mass is 535 g/mol. The number of hydrogen-bond donors (Lipinski definition) is 1. The van der Waals surface area contributed by atoms with Gasteiger partial charge in [0.05, 0.1) is 16.1 Å². The molecule has 3 fully saturated rings. The molecule has 2 saturated carbocycles. The molecule has 0 bridgehead atoms. The van der Waals surface area contributed by atoms with E-state index in [1.54, 1.807) is 6.07 Å². The number of halogens is 2. The maximum atomic E-state index is 14.4. The van der Waals surface area contributed by atoms with Crippen LogP contribution in [0, 0.1) is 17.7 Å². The fourth-order valence-corrected chi connectivity index (χ4v) is 7.62. The molecule has 5 rings (SSSR count). The van der Waals surface area contributed by atoms with E-state index in [4.69, 9.17) is 21.3 Å². The van der Waals surface area contributed by atoms with Crippen LogP contribution in [-0.4, -0.2) is 39.6 Å². The third-order valence-corrected chi connectivity index (χ3v) is 9.67. The number of benzene rings is 1. The third-order valence-electron chi connectivity index (χ3n) is 8.33. The van der Waals surface area contributed by atoms with Gasteiger partial charge in [0.15, 0.2) is 0 Å². The van der Waals surface area contributed by atoms with E-state index in [-0.39, 0.29) is 17.0 Å². The summed E-state index contributed by atoms with van der Waals surface area (Å²) in [6.45, 7) is 1.02. The van der Waals surface area contributed by atoms with Crippen molar-refractivity contribution in [3.8, 4) is 0 Å². The summed E-state index contributed by atoms with van der Waals surface area (Å²) in [6.07, 6.45) is 13.7. The molecule has 1 unspecified atom stereocenters. The van der Waals surface area contributed by atoms with Crippen molar-refractivity contribution in [1.82, 2.24) is 14.9 Å². The highest BCUT2D eigenvalue weighted by Crippen LogP contribution is 2.35. The molecule has 1 aliphatic heterocycles. The number of ether oxygens (including phenoxy) is 1. The van der Waals surface area contributed by atoms with Gasteiger partial charge < -0.3 is 14.6 Å². The first-order valence-electron chi connectivity index (χ1n) is 13.9. The van der Waals surface area contributed by atoms with Gasteiger partial charge in [0.25, 0.3) is 0 Å². The zero-order valence-electron chi connectivity index (χ0n) is 21.2.